The van der Waals surface area contributed by atoms with E-state index in [0.717, 1.165) is 38.0 Å². The van der Waals surface area contributed by atoms with Crippen molar-refractivity contribution in [1.82, 2.24) is 9.80 Å². The number of carbonyl (C=O) groups is 1. The lowest BCUT2D eigenvalue weighted by atomic mass is 10.2. The Balaban J connectivity index is 1.81. The molecule has 0 aliphatic carbocycles. The molecule has 0 radical (unpaired) electrons. The number of likely N-dealkylation sites (tertiary alicyclic amines) is 1. The Labute approximate surface area is 161 Å². The first kappa shape index (κ1) is 20.8. The van der Waals surface area contributed by atoms with Gasteiger partial charge in [-0.15, -0.1) is 0 Å². The van der Waals surface area contributed by atoms with E-state index in [2.05, 4.69) is 15.2 Å². The first-order chi connectivity index (χ1) is 13.0. The normalized spacial score (nSPS) is 17.6. The Bertz CT molecular complexity index is 663. The van der Waals surface area contributed by atoms with Crippen LogP contribution < -0.4 is 20.5 Å². The van der Waals surface area contributed by atoms with Gasteiger partial charge >= 0.3 is 0 Å². The van der Waals surface area contributed by atoms with Crippen LogP contribution >= 0.6 is 0 Å². The van der Waals surface area contributed by atoms with Crippen LogP contribution in [0.5, 0.6) is 11.5 Å². The summed E-state index contributed by atoms with van der Waals surface area (Å²) in [5.41, 5.74) is 6.75. The molecule has 1 atom stereocenters. The van der Waals surface area contributed by atoms with Crippen LogP contribution in [0.25, 0.3) is 0 Å². The standard InChI is InChI=1S/C19H31N5O3/c1-23(2)18(25)15-7-5-11-24(15)12-6-10-21-19(20)22-14-8-9-16(26-3)17(13-14)27-4/h8-9,13,15H,5-7,10-12H2,1-4H3,(H3,20,21,22). The number of rotatable bonds is 8. The van der Waals surface area contributed by atoms with Crippen molar-refractivity contribution in [3.05, 3.63) is 18.2 Å². The molecule has 150 valence electrons. The van der Waals surface area contributed by atoms with E-state index >= 15 is 0 Å². The quantitative estimate of drug-likeness (QED) is 0.404. The van der Waals surface area contributed by atoms with E-state index in [-0.39, 0.29) is 11.9 Å². The number of likely N-dealkylation sites (N-methyl/N-ethyl adjacent to an activating group) is 1. The number of carbonyl (C=O) groups excluding carboxylic acids is 1. The third-order valence-electron chi connectivity index (χ3n) is 4.63. The number of anilines is 1. The zero-order chi connectivity index (χ0) is 19.8. The Morgan fingerprint density at radius 1 is 1.33 bits per heavy atom. The molecule has 0 aromatic heterocycles. The van der Waals surface area contributed by atoms with E-state index in [4.69, 9.17) is 15.2 Å². The molecule has 0 saturated carbocycles. The highest BCUT2D eigenvalue weighted by Gasteiger charge is 2.30. The van der Waals surface area contributed by atoms with Crippen LogP contribution in [-0.2, 0) is 4.79 Å². The minimum Gasteiger partial charge on any atom is -0.493 e. The molecule has 0 spiro atoms. The summed E-state index contributed by atoms with van der Waals surface area (Å²) >= 11 is 0. The number of hydrogen-bond donors (Lipinski definition) is 2. The number of benzene rings is 1. The molecule has 1 saturated heterocycles. The number of nitrogens with two attached hydrogens (primary N) is 1. The molecule has 1 unspecified atom stereocenters. The average Bonchev–Trinajstić information content (AvgIpc) is 3.12. The Morgan fingerprint density at radius 3 is 2.74 bits per heavy atom. The maximum atomic E-state index is 12.2. The van der Waals surface area contributed by atoms with Crippen LogP contribution in [0.4, 0.5) is 5.69 Å². The lowest BCUT2D eigenvalue weighted by molar-refractivity contribution is -0.133. The molecule has 8 nitrogen and oxygen atoms in total. The maximum Gasteiger partial charge on any atom is 0.239 e. The second-order valence-electron chi connectivity index (χ2n) is 6.74. The van der Waals surface area contributed by atoms with E-state index in [9.17, 15) is 4.79 Å². The smallest absolute Gasteiger partial charge is 0.239 e. The SMILES string of the molecule is COc1ccc(NC(N)=NCCCN2CCCC2C(=O)N(C)C)cc1OC. The zero-order valence-electron chi connectivity index (χ0n) is 16.7. The van der Waals surface area contributed by atoms with Gasteiger partial charge in [0.1, 0.15) is 0 Å². The first-order valence-corrected chi connectivity index (χ1v) is 9.20. The summed E-state index contributed by atoms with van der Waals surface area (Å²) in [6, 6.07) is 5.48. The first-order valence-electron chi connectivity index (χ1n) is 9.20. The third kappa shape index (κ3) is 5.75. The molecule has 1 fully saturated rings. The average molecular weight is 377 g/mol. The molecule has 1 aromatic rings. The van der Waals surface area contributed by atoms with Crippen LogP contribution in [0.2, 0.25) is 0 Å². The highest BCUT2D eigenvalue weighted by Crippen LogP contribution is 2.29. The van der Waals surface area contributed by atoms with Crippen molar-refractivity contribution in [3.63, 3.8) is 0 Å². The second kappa shape index (κ2) is 10.0. The van der Waals surface area contributed by atoms with Crippen molar-refractivity contribution in [3.8, 4) is 11.5 Å². The van der Waals surface area contributed by atoms with E-state index in [1.165, 1.54) is 0 Å². The van der Waals surface area contributed by atoms with Gasteiger partial charge in [-0.3, -0.25) is 14.7 Å². The summed E-state index contributed by atoms with van der Waals surface area (Å²) in [7, 11) is 6.80. The van der Waals surface area contributed by atoms with Crippen LogP contribution in [0.15, 0.2) is 23.2 Å². The lowest BCUT2D eigenvalue weighted by Gasteiger charge is -2.25. The maximum absolute atomic E-state index is 12.2. The van der Waals surface area contributed by atoms with Crippen molar-refractivity contribution >= 4 is 17.6 Å². The van der Waals surface area contributed by atoms with E-state index in [1.807, 2.05) is 32.3 Å². The predicted octanol–water partition coefficient (Wildman–Crippen LogP) is 1.37. The molecule has 3 N–H and O–H groups in total. The van der Waals surface area contributed by atoms with E-state index in [1.54, 1.807) is 19.1 Å². The fourth-order valence-electron chi connectivity index (χ4n) is 3.25. The summed E-state index contributed by atoms with van der Waals surface area (Å²) in [6.07, 6.45) is 2.85. The molecule has 1 aliphatic heterocycles. The van der Waals surface area contributed by atoms with Crippen molar-refractivity contribution in [1.29, 1.82) is 0 Å². The molecular weight excluding hydrogens is 346 g/mol. The van der Waals surface area contributed by atoms with Crippen molar-refractivity contribution < 1.29 is 14.3 Å². The third-order valence-corrected chi connectivity index (χ3v) is 4.63. The van der Waals surface area contributed by atoms with E-state index < -0.39 is 0 Å². The lowest BCUT2D eigenvalue weighted by Crippen LogP contribution is -2.43. The van der Waals surface area contributed by atoms with Gasteiger partial charge in [-0.05, 0) is 37.9 Å². The highest BCUT2D eigenvalue weighted by atomic mass is 16.5. The summed E-state index contributed by atoms with van der Waals surface area (Å²) in [4.78, 5) is 20.5. The molecule has 0 bridgehead atoms. The van der Waals surface area contributed by atoms with Gasteiger partial charge in [-0.1, -0.05) is 0 Å². The number of nitrogens with one attached hydrogen (secondary N) is 1. The number of guanidine groups is 1. The van der Waals surface area contributed by atoms with Crippen LogP contribution in [-0.4, -0.2) is 75.7 Å². The van der Waals surface area contributed by atoms with Crippen LogP contribution in [0.1, 0.15) is 19.3 Å². The molecule has 1 aliphatic rings. The molecule has 1 heterocycles. The van der Waals surface area contributed by atoms with E-state index in [0.29, 0.717) is 24.0 Å². The van der Waals surface area contributed by atoms with Crippen LogP contribution in [0, 0.1) is 0 Å². The minimum atomic E-state index is 0.00576. The number of nitrogens with zero attached hydrogens (tertiary/aromatic N) is 3. The Hall–Kier alpha value is -2.48. The largest absolute Gasteiger partial charge is 0.493 e. The monoisotopic (exact) mass is 377 g/mol. The van der Waals surface area contributed by atoms with Gasteiger partial charge in [0.25, 0.3) is 0 Å². The fraction of sp³-hybridized carbons (Fsp3) is 0.579. The summed E-state index contributed by atoms with van der Waals surface area (Å²) in [6.45, 7) is 2.41. The summed E-state index contributed by atoms with van der Waals surface area (Å²) in [5.74, 6) is 1.82. The number of ether oxygens (including phenoxy) is 2. The van der Waals surface area contributed by atoms with Gasteiger partial charge in [-0.2, -0.15) is 0 Å². The van der Waals surface area contributed by atoms with Crippen molar-refractivity contribution in [2.45, 2.75) is 25.3 Å². The second-order valence-corrected chi connectivity index (χ2v) is 6.74. The fourth-order valence-corrected chi connectivity index (χ4v) is 3.25. The number of amides is 1. The van der Waals surface area contributed by atoms with Gasteiger partial charge < -0.3 is 25.4 Å². The number of hydrogen-bond acceptors (Lipinski definition) is 5. The molecule has 8 heteroatoms. The Kier molecular flexibility index (Phi) is 7.72. The van der Waals surface area contributed by atoms with Gasteiger partial charge in [0, 0.05) is 38.9 Å². The van der Waals surface area contributed by atoms with Gasteiger partial charge in [0.15, 0.2) is 17.5 Å². The minimum absolute atomic E-state index is 0.00576. The molecule has 1 aromatic carbocycles. The van der Waals surface area contributed by atoms with Gasteiger partial charge in [0.2, 0.25) is 5.91 Å². The number of aliphatic imine (C=N–C) groups is 1. The molecular formula is C19H31N5O3. The van der Waals surface area contributed by atoms with Gasteiger partial charge in [-0.25, -0.2) is 0 Å². The summed E-state index contributed by atoms with van der Waals surface area (Å²) in [5, 5.41) is 3.06. The molecule has 1 amide bonds. The van der Waals surface area contributed by atoms with Crippen LogP contribution in [0.3, 0.4) is 0 Å². The van der Waals surface area contributed by atoms with Crippen molar-refractivity contribution in [2.24, 2.45) is 10.7 Å². The van der Waals surface area contributed by atoms with Gasteiger partial charge in [0.05, 0.1) is 20.3 Å². The number of methoxy groups -OCH3 is 2. The Morgan fingerprint density at radius 2 is 2.07 bits per heavy atom. The summed E-state index contributed by atoms with van der Waals surface area (Å²) < 4.78 is 10.5. The zero-order valence-corrected chi connectivity index (χ0v) is 16.7. The molecule has 2 rings (SSSR count). The molecule has 27 heavy (non-hydrogen) atoms. The topological polar surface area (TPSA) is 92.4 Å². The predicted molar refractivity (Wildman–Crippen MR) is 108 cm³/mol. The van der Waals surface area contributed by atoms with Crippen molar-refractivity contribution in [2.75, 3.05) is 53.3 Å². The highest BCUT2D eigenvalue weighted by molar-refractivity contribution is 5.92.